The minimum atomic E-state index is -0.825. The van der Waals surface area contributed by atoms with Gasteiger partial charge in [-0.05, 0) is 74.7 Å². The summed E-state index contributed by atoms with van der Waals surface area (Å²) in [6, 6.07) is -0.825. The molecule has 0 bridgehead atoms. The quantitative estimate of drug-likeness (QED) is 0.281. The van der Waals surface area contributed by atoms with E-state index in [1.54, 1.807) is 0 Å². The van der Waals surface area contributed by atoms with E-state index in [0.29, 0.717) is 39.1 Å². The highest BCUT2D eigenvalue weighted by Crippen LogP contribution is 2.14. The molecule has 0 aliphatic heterocycles. The van der Waals surface area contributed by atoms with Gasteiger partial charge in [-0.1, -0.05) is 0 Å². The van der Waals surface area contributed by atoms with Crippen molar-refractivity contribution >= 4 is 17.7 Å². The summed E-state index contributed by atoms with van der Waals surface area (Å²) in [5.41, 5.74) is -0.675. The molecule has 0 rings (SSSR count). The fourth-order valence-corrected chi connectivity index (χ4v) is 3.15. The zero-order valence-corrected chi connectivity index (χ0v) is 22.0. The number of rotatable bonds is 18. The predicted octanol–water partition coefficient (Wildman–Crippen LogP) is 2.32. The van der Waals surface area contributed by atoms with E-state index in [1.807, 2.05) is 55.4 Å². The molecule has 9 heteroatoms. The van der Waals surface area contributed by atoms with Gasteiger partial charge in [0.15, 0.2) is 0 Å². The third-order valence-corrected chi connectivity index (χ3v) is 5.01. The molecule has 0 aromatic carbocycles. The maximum atomic E-state index is 12.7. The molecule has 0 radical (unpaired) electrons. The average Bonchev–Trinajstić information content (AvgIpc) is 2.68. The molecule has 194 valence electrons. The normalized spacial score (nSPS) is 13.0. The van der Waals surface area contributed by atoms with Crippen molar-refractivity contribution < 1.29 is 28.6 Å². The van der Waals surface area contributed by atoms with E-state index < -0.39 is 11.9 Å². The summed E-state index contributed by atoms with van der Waals surface area (Å²) in [5, 5.41) is 8.39. The highest BCUT2D eigenvalue weighted by molar-refractivity contribution is 5.88. The Morgan fingerprint density at radius 1 is 0.818 bits per heavy atom. The first-order valence-corrected chi connectivity index (χ1v) is 12.0. The Balaban J connectivity index is 4.76. The summed E-state index contributed by atoms with van der Waals surface area (Å²) in [6.45, 7) is 17.3. The molecule has 0 heterocycles. The molecule has 3 N–H and O–H groups in total. The largest absolute Gasteiger partial charge is 0.376 e. The highest BCUT2D eigenvalue weighted by Gasteiger charge is 2.24. The second-order valence-corrected chi connectivity index (χ2v) is 9.54. The second kappa shape index (κ2) is 16.0. The van der Waals surface area contributed by atoms with E-state index in [9.17, 15) is 14.4 Å². The van der Waals surface area contributed by atoms with Crippen LogP contribution in [0.2, 0.25) is 0 Å². The molecule has 0 spiro atoms. The van der Waals surface area contributed by atoms with Crippen molar-refractivity contribution in [3.8, 4) is 0 Å². The lowest BCUT2D eigenvalue weighted by Crippen LogP contribution is -2.49. The molecule has 33 heavy (non-hydrogen) atoms. The van der Waals surface area contributed by atoms with Gasteiger partial charge >= 0.3 is 0 Å². The zero-order chi connectivity index (χ0) is 25.5. The molecule has 0 unspecified atom stereocenters. The average molecular weight is 474 g/mol. The van der Waals surface area contributed by atoms with Crippen molar-refractivity contribution in [2.45, 2.75) is 104 Å². The van der Waals surface area contributed by atoms with Gasteiger partial charge in [0.1, 0.15) is 12.6 Å². The number of carbonyl (C=O) groups is 3. The van der Waals surface area contributed by atoms with E-state index >= 15 is 0 Å². The number of nitrogens with one attached hydrogen (secondary N) is 3. The highest BCUT2D eigenvalue weighted by atomic mass is 16.5. The molecule has 0 aliphatic carbocycles. The Morgan fingerprint density at radius 3 is 1.82 bits per heavy atom. The van der Waals surface area contributed by atoms with Gasteiger partial charge in [0, 0.05) is 32.7 Å². The molecule has 0 saturated carbocycles. The van der Waals surface area contributed by atoms with Crippen LogP contribution in [0.3, 0.4) is 0 Å². The molecular weight excluding hydrogens is 426 g/mol. The third kappa shape index (κ3) is 16.5. The van der Waals surface area contributed by atoms with Crippen LogP contribution in [0.15, 0.2) is 0 Å². The van der Waals surface area contributed by atoms with Crippen molar-refractivity contribution in [3.63, 3.8) is 0 Å². The molecule has 9 nitrogen and oxygen atoms in total. The van der Waals surface area contributed by atoms with Gasteiger partial charge in [-0.15, -0.1) is 0 Å². The minimum absolute atomic E-state index is 0.101. The van der Waals surface area contributed by atoms with Crippen LogP contribution in [0.4, 0.5) is 0 Å². The van der Waals surface area contributed by atoms with Crippen LogP contribution < -0.4 is 16.0 Å². The SMILES string of the molecule is CCOC(C)(C)CCNC(=O)CC[C@@H](NC(=O)COC(C)C)C(=O)NCCC(C)(C)OCC. The van der Waals surface area contributed by atoms with E-state index in [2.05, 4.69) is 16.0 Å². The van der Waals surface area contributed by atoms with Gasteiger partial charge in [-0.3, -0.25) is 14.4 Å². The van der Waals surface area contributed by atoms with Crippen LogP contribution in [0.25, 0.3) is 0 Å². The number of amides is 3. The Labute approximate surface area is 200 Å². The third-order valence-electron chi connectivity index (χ3n) is 5.01. The standard InChI is InChI=1S/C24H47N3O6/c1-9-32-23(5,6)13-15-25-20(28)12-11-19(27-21(29)17-31-18(3)4)22(30)26-16-14-24(7,8)33-10-2/h18-19H,9-17H2,1-8H3,(H,25,28)(H,26,30)(H,27,29)/t19-/m1/s1. The Morgan fingerprint density at radius 2 is 1.33 bits per heavy atom. The van der Waals surface area contributed by atoms with Crippen molar-refractivity contribution in [1.29, 1.82) is 0 Å². The van der Waals surface area contributed by atoms with Crippen LogP contribution in [0, 0.1) is 0 Å². The Bertz CT molecular complexity index is 593. The number of hydrogen-bond acceptors (Lipinski definition) is 6. The van der Waals surface area contributed by atoms with Crippen molar-refractivity contribution in [2.24, 2.45) is 0 Å². The minimum Gasteiger partial charge on any atom is -0.376 e. The van der Waals surface area contributed by atoms with Crippen LogP contribution in [-0.2, 0) is 28.6 Å². The maximum absolute atomic E-state index is 12.7. The lowest BCUT2D eigenvalue weighted by Gasteiger charge is -2.25. The molecule has 0 aromatic heterocycles. The Hall–Kier alpha value is -1.71. The monoisotopic (exact) mass is 473 g/mol. The van der Waals surface area contributed by atoms with Gasteiger partial charge in [0.2, 0.25) is 17.7 Å². The Kier molecular flexibility index (Phi) is 15.2. The summed E-state index contributed by atoms with van der Waals surface area (Å²) in [5.74, 6) is -0.895. The zero-order valence-electron chi connectivity index (χ0n) is 22.0. The van der Waals surface area contributed by atoms with Crippen molar-refractivity contribution in [1.82, 2.24) is 16.0 Å². The summed E-state index contributed by atoms with van der Waals surface area (Å²) in [4.78, 5) is 37.2. The van der Waals surface area contributed by atoms with E-state index in [4.69, 9.17) is 14.2 Å². The van der Waals surface area contributed by atoms with Gasteiger partial charge in [0.25, 0.3) is 0 Å². The molecule has 0 saturated heterocycles. The summed E-state index contributed by atoms with van der Waals surface area (Å²) in [7, 11) is 0. The molecule has 0 aromatic rings. The fraction of sp³-hybridized carbons (Fsp3) is 0.875. The van der Waals surface area contributed by atoms with Crippen LogP contribution in [-0.4, -0.2) is 74.0 Å². The molecule has 3 amide bonds. The first kappa shape index (κ1) is 31.3. The van der Waals surface area contributed by atoms with Crippen LogP contribution in [0.5, 0.6) is 0 Å². The summed E-state index contributed by atoms with van der Waals surface area (Å²) in [6.07, 6.45) is 1.50. The predicted molar refractivity (Wildman–Crippen MR) is 129 cm³/mol. The molecule has 0 fully saturated rings. The molecule has 0 aliphatic rings. The lowest BCUT2D eigenvalue weighted by molar-refractivity contribution is -0.133. The topological polar surface area (TPSA) is 115 Å². The lowest BCUT2D eigenvalue weighted by atomic mass is 10.0. The van der Waals surface area contributed by atoms with E-state index in [-0.39, 0.29) is 48.6 Å². The first-order chi connectivity index (χ1) is 15.3. The number of ether oxygens (including phenoxy) is 3. The summed E-state index contributed by atoms with van der Waals surface area (Å²) >= 11 is 0. The van der Waals surface area contributed by atoms with Crippen LogP contribution in [0.1, 0.15) is 81.1 Å². The van der Waals surface area contributed by atoms with Gasteiger partial charge in [-0.25, -0.2) is 0 Å². The van der Waals surface area contributed by atoms with Crippen LogP contribution >= 0.6 is 0 Å². The van der Waals surface area contributed by atoms with Gasteiger partial charge in [-0.2, -0.15) is 0 Å². The van der Waals surface area contributed by atoms with Crippen molar-refractivity contribution in [3.05, 3.63) is 0 Å². The number of hydrogen-bond donors (Lipinski definition) is 3. The smallest absolute Gasteiger partial charge is 0.246 e. The second-order valence-electron chi connectivity index (χ2n) is 9.54. The fourth-order valence-electron chi connectivity index (χ4n) is 3.15. The molecule has 1 atom stereocenters. The first-order valence-electron chi connectivity index (χ1n) is 12.0. The van der Waals surface area contributed by atoms with Gasteiger partial charge in [0.05, 0.1) is 17.3 Å². The number of carbonyl (C=O) groups excluding carboxylic acids is 3. The van der Waals surface area contributed by atoms with E-state index in [0.717, 1.165) is 0 Å². The van der Waals surface area contributed by atoms with Crippen molar-refractivity contribution in [2.75, 3.05) is 32.9 Å². The maximum Gasteiger partial charge on any atom is 0.246 e. The summed E-state index contributed by atoms with van der Waals surface area (Å²) < 4.78 is 16.6. The molecular formula is C24H47N3O6. The van der Waals surface area contributed by atoms with E-state index in [1.165, 1.54) is 0 Å². The van der Waals surface area contributed by atoms with Gasteiger partial charge < -0.3 is 30.2 Å².